The lowest BCUT2D eigenvalue weighted by Gasteiger charge is -2.26. The molecule has 1 rings (SSSR count). The van der Waals surface area contributed by atoms with Crippen LogP contribution in [0.3, 0.4) is 0 Å². The maximum Gasteiger partial charge on any atom is 0.679 e. The summed E-state index contributed by atoms with van der Waals surface area (Å²) in [6, 6.07) is 10.3. The lowest BCUT2D eigenvalue weighted by molar-refractivity contribution is -0.0247. The second-order valence-corrected chi connectivity index (χ2v) is 6.04. The monoisotopic (exact) mass is 300 g/mol. The van der Waals surface area contributed by atoms with E-state index >= 15 is 0 Å². The van der Waals surface area contributed by atoms with Crippen LogP contribution in [0, 0.1) is 6.92 Å². The van der Waals surface area contributed by atoms with Crippen LogP contribution < -0.4 is 0 Å². The summed E-state index contributed by atoms with van der Waals surface area (Å²) in [5.41, 5.74) is 1.32. The SMILES string of the molecule is CCO[Si](OCC)(OCC)OCC.Cc1ccccc1. The normalized spacial score (nSPS) is 10.8. The molecule has 0 saturated heterocycles. The first-order valence-corrected chi connectivity index (χ1v) is 8.84. The van der Waals surface area contributed by atoms with Crippen LogP contribution in [0.15, 0.2) is 30.3 Å². The van der Waals surface area contributed by atoms with Crippen LogP contribution >= 0.6 is 0 Å². The fourth-order valence-corrected chi connectivity index (χ4v) is 3.41. The Labute approximate surface area is 124 Å². The van der Waals surface area contributed by atoms with Crippen LogP contribution in [0.2, 0.25) is 0 Å². The molecule has 4 nitrogen and oxygen atoms in total. The zero-order valence-corrected chi connectivity index (χ0v) is 14.3. The highest BCUT2D eigenvalue weighted by Crippen LogP contribution is 2.11. The summed E-state index contributed by atoms with van der Waals surface area (Å²) in [4.78, 5) is 0. The van der Waals surface area contributed by atoms with Crippen molar-refractivity contribution in [2.24, 2.45) is 0 Å². The second-order valence-electron chi connectivity index (χ2n) is 3.89. The summed E-state index contributed by atoms with van der Waals surface area (Å²) in [5.74, 6) is 0. The van der Waals surface area contributed by atoms with Gasteiger partial charge in [0.05, 0.1) is 0 Å². The van der Waals surface area contributed by atoms with Gasteiger partial charge in [0.15, 0.2) is 0 Å². The summed E-state index contributed by atoms with van der Waals surface area (Å²) >= 11 is 0. The summed E-state index contributed by atoms with van der Waals surface area (Å²) in [7, 11) is -2.80. The van der Waals surface area contributed by atoms with Gasteiger partial charge >= 0.3 is 9.05 Å². The van der Waals surface area contributed by atoms with Gasteiger partial charge in [0.1, 0.15) is 0 Å². The maximum absolute atomic E-state index is 5.42. The van der Waals surface area contributed by atoms with Crippen molar-refractivity contribution >= 4 is 9.05 Å². The molecule has 0 bridgehead atoms. The standard InChI is InChI=1S/C8H20O4Si.C7H8/c1-5-9-13(10-6-2,11-7-3)12-8-4;1-7-5-3-2-4-6-7/h5-8H2,1-4H3;2-6H,1H3. The van der Waals surface area contributed by atoms with Gasteiger partial charge in [-0.2, -0.15) is 0 Å². The maximum atomic E-state index is 5.42. The topological polar surface area (TPSA) is 36.9 Å². The van der Waals surface area contributed by atoms with Gasteiger partial charge < -0.3 is 17.7 Å². The van der Waals surface area contributed by atoms with E-state index in [1.165, 1.54) is 5.56 Å². The van der Waals surface area contributed by atoms with E-state index in [-0.39, 0.29) is 0 Å². The summed E-state index contributed by atoms with van der Waals surface area (Å²) < 4.78 is 21.7. The molecule has 116 valence electrons. The van der Waals surface area contributed by atoms with Gasteiger partial charge in [-0.25, -0.2) is 0 Å². The number of hydrogen-bond donors (Lipinski definition) is 0. The first-order chi connectivity index (χ1) is 9.64. The molecule has 5 heteroatoms. The minimum absolute atomic E-state index is 0.548. The number of benzene rings is 1. The predicted molar refractivity (Wildman–Crippen MR) is 83.4 cm³/mol. The lowest BCUT2D eigenvalue weighted by atomic mass is 10.2. The van der Waals surface area contributed by atoms with Gasteiger partial charge in [-0.1, -0.05) is 35.9 Å². The molecular formula is C15H28O4Si. The Balaban J connectivity index is 0.000000428. The van der Waals surface area contributed by atoms with E-state index in [4.69, 9.17) is 17.7 Å². The van der Waals surface area contributed by atoms with Crippen molar-refractivity contribution in [2.45, 2.75) is 34.6 Å². The Morgan fingerprint density at radius 1 is 0.700 bits per heavy atom. The molecule has 0 atom stereocenters. The molecule has 0 aliphatic rings. The average molecular weight is 300 g/mol. The van der Waals surface area contributed by atoms with E-state index in [1.807, 2.05) is 45.9 Å². The largest absolute Gasteiger partial charge is 0.679 e. The molecule has 20 heavy (non-hydrogen) atoms. The predicted octanol–water partition coefficient (Wildman–Crippen LogP) is 3.56. The van der Waals surface area contributed by atoms with Crippen molar-refractivity contribution in [3.63, 3.8) is 0 Å². The third-order valence-corrected chi connectivity index (χ3v) is 4.79. The lowest BCUT2D eigenvalue weighted by Crippen LogP contribution is -2.49. The molecule has 0 amide bonds. The van der Waals surface area contributed by atoms with Gasteiger partial charge in [0.25, 0.3) is 0 Å². The average Bonchev–Trinajstić information content (AvgIpc) is 2.41. The van der Waals surface area contributed by atoms with E-state index in [9.17, 15) is 0 Å². The molecule has 0 aliphatic heterocycles. The molecule has 1 aromatic carbocycles. The van der Waals surface area contributed by atoms with Crippen molar-refractivity contribution in [3.8, 4) is 0 Å². The number of rotatable bonds is 8. The molecule has 0 heterocycles. The molecule has 0 spiro atoms. The Kier molecular flexibility index (Phi) is 11.6. The molecule has 1 aromatic rings. The Morgan fingerprint density at radius 3 is 1.25 bits per heavy atom. The van der Waals surface area contributed by atoms with E-state index < -0.39 is 9.05 Å². The van der Waals surface area contributed by atoms with Crippen molar-refractivity contribution in [1.82, 2.24) is 0 Å². The molecule has 0 radical (unpaired) electrons. The number of aryl methyl sites for hydroxylation is 1. The van der Waals surface area contributed by atoms with Crippen LogP contribution in [-0.2, 0) is 17.7 Å². The van der Waals surface area contributed by atoms with E-state index in [2.05, 4.69) is 19.1 Å². The quantitative estimate of drug-likeness (QED) is 0.688. The highest BCUT2D eigenvalue weighted by molar-refractivity contribution is 6.53. The highest BCUT2D eigenvalue weighted by atomic mass is 28.4. The second kappa shape index (κ2) is 12.1. The van der Waals surface area contributed by atoms with Crippen molar-refractivity contribution in [3.05, 3.63) is 35.9 Å². The molecular weight excluding hydrogens is 272 g/mol. The van der Waals surface area contributed by atoms with Crippen molar-refractivity contribution in [2.75, 3.05) is 26.4 Å². The Bertz CT molecular complexity index is 289. The Morgan fingerprint density at radius 2 is 1.05 bits per heavy atom. The minimum Gasteiger partial charge on any atom is -0.351 e. The number of hydrogen-bond acceptors (Lipinski definition) is 4. The van der Waals surface area contributed by atoms with Crippen LogP contribution in [0.1, 0.15) is 33.3 Å². The fourth-order valence-electron chi connectivity index (χ4n) is 1.49. The molecule has 0 fully saturated rings. The first-order valence-electron chi connectivity index (χ1n) is 7.21. The zero-order chi connectivity index (χ0) is 15.3. The van der Waals surface area contributed by atoms with Gasteiger partial charge in [-0.05, 0) is 34.6 Å². The summed E-state index contributed by atoms with van der Waals surface area (Å²) in [6.45, 7) is 11.9. The van der Waals surface area contributed by atoms with Gasteiger partial charge in [0.2, 0.25) is 0 Å². The van der Waals surface area contributed by atoms with E-state index in [0.717, 1.165) is 0 Å². The summed E-state index contributed by atoms with van der Waals surface area (Å²) in [6.07, 6.45) is 0. The Hall–Kier alpha value is -0.723. The molecule has 0 aromatic heterocycles. The van der Waals surface area contributed by atoms with Crippen LogP contribution in [0.25, 0.3) is 0 Å². The summed E-state index contributed by atoms with van der Waals surface area (Å²) in [5, 5.41) is 0. The molecule has 0 aliphatic carbocycles. The minimum atomic E-state index is -2.80. The van der Waals surface area contributed by atoms with E-state index in [0.29, 0.717) is 26.4 Å². The zero-order valence-electron chi connectivity index (χ0n) is 13.3. The van der Waals surface area contributed by atoms with Crippen molar-refractivity contribution in [1.29, 1.82) is 0 Å². The first kappa shape index (κ1) is 19.3. The van der Waals surface area contributed by atoms with Gasteiger partial charge in [0, 0.05) is 26.4 Å². The molecule has 0 saturated carbocycles. The van der Waals surface area contributed by atoms with Crippen LogP contribution in [-0.4, -0.2) is 35.5 Å². The molecule has 0 N–H and O–H groups in total. The van der Waals surface area contributed by atoms with Crippen LogP contribution in [0.5, 0.6) is 0 Å². The third kappa shape index (κ3) is 8.45. The fraction of sp³-hybridized carbons (Fsp3) is 0.600. The van der Waals surface area contributed by atoms with Crippen LogP contribution in [0.4, 0.5) is 0 Å². The third-order valence-electron chi connectivity index (χ3n) is 2.22. The van der Waals surface area contributed by atoms with Crippen molar-refractivity contribution < 1.29 is 17.7 Å². The highest BCUT2D eigenvalue weighted by Gasteiger charge is 2.44. The van der Waals surface area contributed by atoms with Gasteiger partial charge in [-0.3, -0.25) is 0 Å². The molecule has 0 unspecified atom stereocenters. The van der Waals surface area contributed by atoms with E-state index in [1.54, 1.807) is 0 Å². The smallest absolute Gasteiger partial charge is 0.351 e. The van der Waals surface area contributed by atoms with Gasteiger partial charge in [-0.15, -0.1) is 0 Å².